The molecule has 0 aliphatic carbocycles. The molecule has 0 bridgehead atoms. The monoisotopic (exact) mass is 483 g/mol. The number of hydrogen-bond acceptors (Lipinski definition) is 6. The van der Waals surface area contributed by atoms with Crippen molar-refractivity contribution in [2.45, 2.75) is 13.0 Å². The number of carbonyl (C=O) groups excluding carboxylic acids is 2. The van der Waals surface area contributed by atoms with Crippen LogP contribution in [-0.2, 0) is 16.1 Å². The van der Waals surface area contributed by atoms with Gasteiger partial charge in [0.25, 0.3) is 5.91 Å². The van der Waals surface area contributed by atoms with Crippen LogP contribution in [0.25, 0.3) is 17.3 Å². The molecule has 2 amide bonds. The van der Waals surface area contributed by atoms with Gasteiger partial charge in [0, 0.05) is 29.6 Å². The molecule has 1 aliphatic rings. The summed E-state index contributed by atoms with van der Waals surface area (Å²) in [6.45, 7) is 0.424. The number of carbonyl (C=O) groups is 2. The fraction of sp³-hybridized carbons (Fsp3) is 0.130. The van der Waals surface area contributed by atoms with Crippen LogP contribution in [-0.4, -0.2) is 32.7 Å². The van der Waals surface area contributed by atoms with Crippen molar-refractivity contribution in [1.82, 2.24) is 15.4 Å². The van der Waals surface area contributed by atoms with Crippen molar-refractivity contribution in [2.75, 3.05) is 6.54 Å². The van der Waals surface area contributed by atoms with Crippen LogP contribution in [0.15, 0.2) is 70.1 Å². The molecule has 0 atom stereocenters. The van der Waals surface area contributed by atoms with Crippen LogP contribution in [0.3, 0.4) is 0 Å². The summed E-state index contributed by atoms with van der Waals surface area (Å²) in [4.78, 5) is 26.9. The Morgan fingerprint density at radius 1 is 1.19 bits per heavy atom. The molecule has 32 heavy (non-hydrogen) atoms. The van der Waals surface area contributed by atoms with Crippen LogP contribution < -0.4 is 5.32 Å². The van der Waals surface area contributed by atoms with E-state index in [1.807, 2.05) is 42.5 Å². The number of benzene rings is 2. The van der Waals surface area contributed by atoms with Crippen LogP contribution in [0.4, 0.5) is 0 Å². The second-order valence-electron chi connectivity index (χ2n) is 6.96. The van der Waals surface area contributed by atoms with Gasteiger partial charge in [0.05, 0.1) is 11.4 Å². The van der Waals surface area contributed by atoms with E-state index in [1.165, 1.54) is 16.7 Å². The lowest BCUT2D eigenvalue weighted by atomic mass is 10.1. The highest BCUT2D eigenvalue weighted by atomic mass is 35.5. The number of thiocarbonyl (C=S) groups is 1. The Labute approximate surface area is 199 Å². The van der Waals surface area contributed by atoms with Gasteiger partial charge < -0.3 is 9.84 Å². The standard InChI is InChI=1S/C23H18ClN3O3S2/c24-17-8-6-15(7-9-17)12-20-22(29)27(23(31)32-20)11-10-21(28)25-14-18-13-19(26-30-18)16-4-2-1-3-5-16/h1-9,12-13H,10-11,14H2,(H,25,28)/b20-12-. The Morgan fingerprint density at radius 3 is 2.69 bits per heavy atom. The van der Waals surface area contributed by atoms with Crippen molar-refractivity contribution in [3.63, 3.8) is 0 Å². The van der Waals surface area contributed by atoms with E-state index in [1.54, 1.807) is 24.3 Å². The fourth-order valence-corrected chi connectivity index (χ4v) is 4.47. The fourth-order valence-electron chi connectivity index (χ4n) is 3.03. The molecule has 0 radical (unpaired) electrons. The molecule has 1 saturated heterocycles. The number of halogens is 1. The Kier molecular flexibility index (Phi) is 7.04. The lowest BCUT2D eigenvalue weighted by molar-refractivity contribution is -0.124. The van der Waals surface area contributed by atoms with Crippen LogP contribution >= 0.6 is 35.6 Å². The molecule has 0 spiro atoms. The molecular weight excluding hydrogens is 466 g/mol. The van der Waals surface area contributed by atoms with E-state index in [4.69, 9.17) is 28.3 Å². The normalized spacial score (nSPS) is 14.9. The molecule has 1 aromatic heterocycles. The molecule has 1 N–H and O–H groups in total. The average molecular weight is 484 g/mol. The van der Waals surface area contributed by atoms with Gasteiger partial charge in [0.1, 0.15) is 10.0 Å². The smallest absolute Gasteiger partial charge is 0.266 e. The molecule has 3 aromatic rings. The minimum Gasteiger partial charge on any atom is -0.359 e. The average Bonchev–Trinajstić information content (AvgIpc) is 3.38. The van der Waals surface area contributed by atoms with Crippen LogP contribution in [0.2, 0.25) is 5.02 Å². The highest BCUT2D eigenvalue weighted by molar-refractivity contribution is 8.26. The van der Waals surface area contributed by atoms with Gasteiger partial charge in [-0.15, -0.1) is 0 Å². The molecule has 2 aromatic carbocycles. The van der Waals surface area contributed by atoms with Gasteiger partial charge in [-0.3, -0.25) is 14.5 Å². The first-order chi connectivity index (χ1) is 15.5. The predicted octanol–water partition coefficient (Wildman–Crippen LogP) is 4.90. The van der Waals surface area contributed by atoms with Crippen molar-refractivity contribution in [1.29, 1.82) is 0 Å². The Morgan fingerprint density at radius 2 is 1.94 bits per heavy atom. The molecule has 2 heterocycles. The number of rotatable bonds is 7. The first-order valence-electron chi connectivity index (χ1n) is 9.78. The largest absolute Gasteiger partial charge is 0.359 e. The zero-order chi connectivity index (χ0) is 22.5. The molecule has 0 unspecified atom stereocenters. The second-order valence-corrected chi connectivity index (χ2v) is 9.07. The molecule has 6 nitrogen and oxygen atoms in total. The molecule has 0 saturated carbocycles. The van der Waals surface area contributed by atoms with Gasteiger partial charge in [-0.1, -0.05) is 83.2 Å². The molecular formula is C23H18ClN3O3S2. The van der Waals surface area contributed by atoms with E-state index in [-0.39, 0.29) is 31.3 Å². The van der Waals surface area contributed by atoms with Crippen LogP contribution in [0, 0.1) is 0 Å². The maximum atomic E-state index is 12.7. The lowest BCUT2D eigenvalue weighted by Crippen LogP contribution is -2.33. The van der Waals surface area contributed by atoms with Gasteiger partial charge in [-0.25, -0.2) is 0 Å². The van der Waals surface area contributed by atoms with E-state index < -0.39 is 0 Å². The van der Waals surface area contributed by atoms with Gasteiger partial charge in [-0.2, -0.15) is 0 Å². The van der Waals surface area contributed by atoms with Gasteiger partial charge in [0.15, 0.2) is 5.76 Å². The highest BCUT2D eigenvalue weighted by Gasteiger charge is 2.32. The topological polar surface area (TPSA) is 75.4 Å². The van der Waals surface area contributed by atoms with Crippen molar-refractivity contribution < 1.29 is 14.1 Å². The van der Waals surface area contributed by atoms with E-state index in [0.29, 0.717) is 25.7 Å². The molecule has 162 valence electrons. The van der Waals surface area contributed by atoms with Crippen molar-refractivity contribution in [3.8, 4) is 11.3 Å². The van der Waals surface area contributed by atoms with Crippen molar-refractivity contribution >= 4 is 57.8 Å². The van der Waals surface area contributed by atoms with Crippen molar-refractivity contribution in [2.24, 2.45) is 0 Å². The maximum absolute atomic E-state index is 12.7. The summed E-state index contributed by atoms with van der Waals surface area (Å²) in [5.74, 6) is 0.137. The number of nitrogens with zero attached hydrogens (tertiary/aromatic N) is 2. The van der Waals surface area contributed by atoms with E-state index >= 15 is 0 Å². The second kappa shape index (κ2) is 10.1. The third-order valence-electron chi connectivity index (χ3n) is 4.69. The summed E-state index contributed by atoms with van der Waals surface area (Å²) in [5, 5.41) is 7.44. The van der Waals surface area contributed by atoms with Gasteiger partial charge in [0.2, 0.25) is 5.91 Å². The third-order valence-corrected chi connectivity index (χ3v) is 6.32. The summed E-state index contributed by atoms with van der Waals surface area (Å²) < 4.78 is 5.73. The zero-order valence-electron chi connectivity index (χ0n) is 16.8. The highest BCUT2D eigenvalue weighted by Crippen LogP contribution is 2.32. The summed E-state index contributed by atoms with van der Waals surface area (Å²) in [6.07, 6.45) is 1.89. The zero-order valence-corrected chi connectivity index (χ0v) is 19.2. The summed E-state index contributed by atoms with van der Waals surface area (Å²) >= 11 is 12.4. The van der Waals surface area contributed by atoms with Crippen molar-refractivity contribution in [3.05, 3.63) is 81.9 Å². The van der Waals surface area contributed by atoms with E-state index in [9.17, 15) is 9.59 Å². The van der Waals surface area contributed by atoms with E-state index in [0.717, 1.165) is 11.1 Å². The van der Waals surface area contributed by atoms with Crippen LogP contribution in [0.1, 0.15) is 17.7 Å². The minimum atomic E-state index is -0.210. The predicted molar refractivity (Wildman–Crippen MR) is 130 cm³/mol. The van der Waals surface area contributed by atoms with Gasteiger partial charge in [-0.05, 0) is 23.8 Å². The number of hydrogen-bond donors (Lipinski definition) is 1. The Balaban J connectivity index is 1.28. The number of amides is 2. The van der Waals surface area contributed by atoms with E-state index in [2.05, 4.69) is 10.5 Å². The summed E-state index contributed by atoms with van der Waals surface area (Å²) in [5.41, 5.74) is 2.50. The Bertz CT molecular complexity index is 1180. The maximum Gasteiger partial charge on any atom is 0.266 e. The minimum absolute atomic E-state index is 0.125. The lowest BCUT2D eigenvalue weighted by Gasteiger charge is -2.13. The van der Waals surface area contributed by atoms with Crippen LogP contribution in [0.5, 0.6) is 0 Å². The molecule has 1 aliphatic heterocycles. The SMILES string of the molecule is O=C(CCN1C(=O)/C(=C/c2ccc(Cl)cc2)SC1=S)NCc1cc(-c2ccccc2)no1. The molecule has 9 heteroatoms. The first-order valence-corrected chi connectivity index (χ1v) is 11.4. The number of thioether (sulfide) groups is 1. The quantitative estimate of drug-likeness (QED) is 0.380. The molecule has 4 rings (SSSR count). The number of aromatic nitrogens is 1. The Hall–Kier alpha value is -2.94. The summed E-state index contributed by atoms with van der Waals surface area (Å²) in [7, 11) is 0. The van der Waals surface area contributed by atoms with Gasteiger partial charge >= 0.3 is 0 Å². The third kappa shape index (κ3) is 5.45. The number of nitrogens with one attached hydrogen (secondary N) is 1. The first kappa shape index (κ1) is 22.3. The summed E-state index contributed by atoms with van der Waals surface area (Å²) in [6, 6.07) is 18.6. The molecule has 1 fully saturated rings.